The molecule has 2 aromatic heterocycles. The molecule has 7 heteroatoms. The molecule has 0 radical (unpaired) electrons. The fraction of sp³-hybridized carbons (Fsp3) is 0.278. The van der Waals surface area contributed by atoms with Gasteiger partial charge in [-0.25, -0.2) is 9.97 Å². The maximum Gasteiger partial charge on any atom is 0.227 e. The lowest BCUT2D eigenvalue weighted by Gasteiger charge is -2.31. The van der Waals surface area contributed by atoms with Crippen molar-refractivity contribution in [1.29, 1.82) is 0 Å². The summed E-state index contributed by atoms with van der Waals surface area (Å²) in [4.78, 5) is 23.4. The summed E-state index contributed by atoms with van der Waals surface area (Å²) in [5.41, 5.74) is 1.72. The molecule has 5 nitrogen and oxygen atoms in total. The number of hydrogen-bond donors (Lipinski definition) is 1. The van der Waals surface area contributed by atoms with Gasteiger partial charge in [-0.2, -0.15) is 0 Å². The van der Waals surface area contributed by atoms with Crippen LogP contribution < -0.4 is 10.2 Å². The molecular weight excluding hydrogens is 356 g/mol. The number of anilines is 2. The molecule has 4 rings (SSSR count). The Balaban J connectivity index is 1.37. The summed E-state index contributed by atoms with van der Waals surface area (Å²) < 4.78 is 1.20. The number of carbonyl (C=O) groups excluding carboxylic acids is 1. The highest BCUT2D eigenvalue weighted by atomic mass is 35.5. The van der Waals surface area contributed by atoms with Crippen molar-refractivity contribution < 1.29 is 4.79 Å². The monoisotopic (exact) mass is 372 g/mol. The Labute approximate surface area is 154 Å². The van der Waals surface area contributed by atoms with E-state index in [9.17, 15) is 4.79 Å². The summed E-state index contributed by atoms with van der Waals surface area (Å²) >= 11 is 7.48. The molecular formula is C18H17ClN4OS. The lowest BCUT2D eigenvalue weighted by molar-refractivity contribution is -0.120. The number of amides is 1. The van der Waals surface area contributed by atoms with Crippen LogP contribution in [0.5, 0.6) is 0 Å². The average molecular weight is 373 g/mol. The number of aromatic nitrogens is 2. The van der Waals surface area contributed by atoms with Crippen molar-refractivity contribution in [1.82, 2.24) is 9.97 Å². The predicted octanol–water partition coefficient (Wildman–Crippen LogP) is 4.20. The number of para-hydroxylation sites is 1. The van der Waals surface area contributed by atoms with E-state index in [1.54, 1.807) is 29.7 Å². The van der Waals surface area contributed by atoms with Crippen LogP contribution in [-0.4, -0.2) is 29.0 Å². The third kappa shape index (κ3) is 3.60. The van der Waals surface area contributed by atoms with Crippen LogP contribution in [0.2, 0.25) is 5.15 Å². The lowest BCUT2D eigenvalue weighted by Crippen LogP contribution is -2.38. The summed E-state index contributed by atoms with van der Waals surface area (Å²) in [6, 6.07) is 11.6. The summed E-state index contributed by atoms with van der Waals surface area (Å²) in [6.07, 6.45) is 3.22. The molecule has 128 valence electrons. The van der Waals surface area contributed by atoms with Gasteiger partial charge in [0.2, 0.25) is 5.91 Å². The molecule has 3 heterocycles. The van der Waals surface area contributed by atoms with Gasteiger partial charge in [0.05, 0.1) is 22.1 Å². The summed E-state index contributed by atoms with van der Waals surface area (Å²) in [5, 5.41) is 4.39. The number of thiazole rings is 1. The van der Waals surface area contributed by atoms with Crippen LogP contribution in [0.3, 0.4) is 0 Å². The maximum atomic E-state index is 12.4. The second-order valence-electron chi connectivity index (χ2n) is 6.08. The zero-order valence-electron chi connectivity index (χ0n) is 13.5. The van der Waals surface area contributed by atoms with Crippen LogP contribution >= 0.6 is 22.9 Å². The second kappa shape index (κ2) is 6.98. The van der Waals surface area contributed by atoms with Gasteiger partial charge in [-0.1, -0.05) is 35.1 Å². The van der Waals surface area contributed by atoms with Gasteiger partial charge in [-0.05, 0) is 37.1 Å². The Bertz CT molecular complexity index is 854. The van der Waals surface area contributed by atoms with Crippen LogP contribution in [0.1, 0.15) is 12.8 Å². The quantitative estimate of drug-likeness (QED) is 0.700. The topological polar surface area (TPSA) is 58.1 Å². The number of nitrogens with one attached hydrogen (secondary N) is 1. The molecule has 1 aliphatic heterocycles. The Morgan fingerprint density at radius 2 is 2.00 bits per heavy atom. The van der Waals surface area contributed by atoms with Gasteiger partial charge in [-0.3, -0.25) is 4.79 Å². The molecule has 0 unspecified atom stereocenters. The van der Waals surface area contributed by atoms with Crippen LogP contribution in [-0.2, 0) is 4.79 Å². The van der Waals surface area contributed by atoms with E-state index in [-0.39, 0.29) is 11.8 Å². The Morgan fingerprint density at radius 3 is 2.72 bits per heavy atom. The van der Waals surface area contributed by atoms with E-state index in [1.165, 1.54) is 4.70 Å². The molecule has 0 bridgehead atoms. The Morgan fingerprint density at radius 1 is 1.20 bits per heavy atom. The first-order valence-electron chi connectivity index (χ1n) is 8.22. The number of pyridine rings is 1. The van der Waals surface area contributed by atoms with Gasteiger partial charge in [0.25, 0.3) is 0 Å². The zero-order chi connectivity index (χ0) is 17.2. The van der Waals surface area contributed by atoms with E-state index in [0.717, 1.165) is 36.6 Å². The molecule has 1 aromatic carbocycles. The first-order valence-corrected chi connectivity index (χ1v) is 9.41. The van der Waals surface area contributed by atoms with E-state index in [2.05, 4.69) is 21.3 Å². The summed E-state index contributed by atoms with van der Waals surface area (Å²) in [7, 11) is 0. The fourth-order valence-corrected chi connectivity index (χ4v) is 4.15. The van der Waals surface area contributed by atoms with Crippen LogP contribution in [0.15, 0.2) is 42.6 Å². The highest BCUT2D eigenvalue weighted by molar-refractivity contribution is 7.22. The van der Waals surface area contributed by atoms with Crippen LogP contribution in [0.4, 0.5) is 10.8 Å². The van der Waals surface area contributed by atoms with Crippen LogP contribution in [0, 0.1) is 5.92 Å². The molecule has 0 aliphatic carbocycles. The van der Waals surface area contributed by atoms with E-state index in [1.807, 2.05) is 18.2 Å². The highest BCUT2D eigenvalue weighted by Crippen LogP contribution is 2.31. The van der Waals surface area contributed by atoms with Gasteiger partial charge in [0.1, 0.15) is 5.15 Å². The van der Waals surface area contributed by atoms with E-state index in [0.29, 0.717) is 10.8 Å². The number of piperidine rings is 1. The maximum absolute atomic E-state index is 12.4. The highest BCUT2D eigenvalue weighted by Gasteiger charge is 2.26. The molecule has 0 spiro atoms. The molecule has 1 saturated heterocycles. The molecule has 0 atom stereocenters. The number of nitrogens with zero attached hydrogens (tertiary/aromatic N) is 3. The average Bonchev–Trinajstić information content (AvgIpc) is 3.08. The Kier molecular flexibility index (Phi) is 4.55. The molecule has 1 N–H and O–H groups in total. The molecule has 3 aromatic rings. The van der Waals surface area contributed by atoms with Crippen molar-refractivity contribution in [3.05, 3.63) is 47.7 Å². The van der Waals surface area contributed by atoms with E-state index in [4.69, 9.17) is 16.6 Å². The van der Waals surface area contributed by atoms with Gasteiger partial charge in [0.15, 0.2) is 5.13 Å². The van der Waals surface area contributed by atoms with Gasteiger partial charge >= 0.3 is 0 Å². The fourth-order valence-electron chi connectivity index (χ4n) is 3.02. The van der Waals surface area contributed by atoms with Crippen molar-refractivity contribution in [2.45, 2.75) is 12.8 Å². The van der Waals surface area contributed by atoms with Crippen molar-refractivity contribution in [3.8, 4) is 0 Å². The molecule has 25 heavy (non-hydrogen) atoms. The van der Waals surface area contributed by atoms with Crippen molar-refractivity contribution in [3.63, 3.8) is 0 Å². The largest absolute Gasteiger partial charge is 0.348 e. The molecule has 1 amide bonds. The third-order valence-electron chi connectivity index (χ3n) is 4.41. The van der Waals surface area contributed by atoms with Crippen LogP contribution in [0.25, 0.3) is 10.2 Å². The minimum atomic E-state index is 0.0151. The molecule has 0 saturated carbocycles. The summed E-state index contributed by atoms with van der Waals surface area (Å²) in [6.45, 7) is 1.69. The normalized spacial score (nSPS) is 15.5. The minimum Gasteiger partial charge on any atom is -0.348 e. The zero-order valence-corrected chi connectivity index (χ0v) is 15.1. The molecule has 1 fully saturated rings. The second-order valence-corrected chi connectivity index (χ2v) is 7.48. The van der Waals surface area contributed by atoms with Crippen molar-refractivity contribution in [2.24, 2.45) is 5.92 Å². The SMILES string of the molecule is O=C(Nc1ccc(Cl)nc1)C1CCN(c2nc3ccccc3s2)CC1. The smallest absolute Gasteiger partial charge is 0.227 e. The third-order valence-corrected chi connectivity index (χ3v) is 5.73. The predicted molar refractivity (Wildman–Crippen MR) is 102 cm³/mol. The van der Waals surface area contributed by atoms with Gasteiger partial charge < -0.3 is 10.2 Å². The minimum absolute atomic E-state index is 0.0151. The first kappa shape index (κ1) is 16.3. The molecule has 1 aliphatic rings. The number of benzene rings is 1. The van der Waals surface area contributed by atoms with E-state index < -0.39 is 0 Å². The lowest BCUT2D eigenvalue weighted by atomic mass is 9.96. The summed E-state index contributed by atoms with van der Waals surface area (Å²) in [5.74, 6) is 0.0642. The van der Waals surface area contributed by atoms with Gasteiger partial charge in [-0.15, -0.1) is 0 Å². The van der Waals surface area contributed by atoms with Crippen molar-refractivity contribution >= 4 is 49.9 Å². The number of fused-ring (bicyclic) bond motifs is 1. The Hall–Kier alpha value is -2.18. The number of halogens is 1. The van der Waals surface area contributed by atoms with E-state index >= 15 is 0 Å². The number of hydrogen-bond acceptors (Lipinski definition) is 5. The number of carbonyl (C=O) groups is 1. The van der Waals surface area contributed by atoms with Gasteiger partial charge in [0, 0.05) is 19.0 Å². The first-order chi connectivity index (χ1) is 12.2. The van der Waals surface area contributed by atoms with Crippen molar-refractivity contribution in [2.75, 3.05) is 23.3 Å². The standard InChI is InChI=1S/C18H17ClN4OS/c19-16-6-5-13(11-20-16)21-17(24)12-7-9-23(10-8-12)18-22-14-3-1-2-4-15(14)25-18/h1-6,11-12H,7-10H2,(H,21,24). The number of rotatable bonds is 3.